The van der Waals surface area contributed by atoms with E-state index < -0.39 is 18.1 Å². The zero-order valence-electron chi connectivity index (χ0n) is 37.3. The number of allylic oxidation sites excluding steroid dienone is 4. The molecule has 0 amide bonds. The molecule has 0 aliphatic heterocycles. The van der Waals surface area contributed by atoms with Crippen LogP contribution in [0.4, 0.5) is 0 Å². The summed E-state index contributed by atoms with van der Waals surface area (Å²) in [7, 11) is 5.53. The molecule has 8 heteroatoms. The first kappa shape index (κ1) is 53.8. The maximum Gasteiger partial charge on any atom is 0.362 e. The van der Waals surface area contributed by atoms with E-state index in [-0.39, 0.29) is 36.2 Å². The van der Waals surface area contributed by atoms with Crippen LogP contribution in [0, 0.1) is 0 Å². The summed E-state index contributed by atoms with van der Waals surface area (Å²) >= 11 is 0. The number of nitrogens with zero attached hydrogens (tertiary/aromatic N) is 1. The van der Waals surface area contributed by atoms with Crippen molar-refractivity contribution in [3.63, 3.8) is 0 Å². The minimum Gasteiger partial charge on any atom is -0.477 e. The molecule has 0 saturated heterocycles. The van der Waals surface area contributed by atoms with Crippen molar-refractivity contribution in [2.24, 2.45) is 0 Å². The number of hydrogen-bond acceptors (Lipinski definition) is 6. The average molecular weight is 793 g/mol. The second kappa shape index (κ2) is 39.6. The third kappa shape index (κ3) is 37.4. The number of aliphatic carboxylic acids is 1. The van der Waals surface area contributed by atoms with E-state index >= 15 is 0 Å². The van der Waals surface area contributed by atoms with Gasteiger partial charge in [0.15, 0.2) is 12.1 Å². The molecule has 0 aromatic rings. The molecule has 0 spiro atoms. The van der Waals surface area contributed by atoms with Gasteiger partial charge in [-0.1, -0.05) is 154 Å². The Morgan fingerprint density at radius 3 is 1.30 bits per heavy atom. The quantitative estimate of drug-likeness (QED) is 0.0284. The number of likely N-dealkylation sites (N-methyl/N-ethyl adjacent to an activating group) is 1. The van der Waals surface area contributed by atoms with E-state index in [1.54, 1.807) is 0 Å². The fourth-order valence-electron chi connectivity index (χ4n) is 6.90. The smallest absolute Gasteiger partial charge is 0.362 e. The highest BCUT2D eigenvalue weighted by Crippen LogP contribution is 2.14. The highest BCUT2D eigenvalue weighted by molar-refractivity contribution is 5.72. The average Bonchev–Trinajstić information content (AvgIpc) is 3.15. The fourth-order valence-corrected chi connectivity index (χ4v) is 6.90. The van der Waals surface area contributed by atoms with Crippen molar-refractivity contribution >= 4 is 17.9 Å². The Labute approximate surface area is 345 Å². The number of carbonyl (C=O) groups excluding carboxylic acids is 2. The van der Waals surface area contributed by atoms with Crippen LogP contribution >= 0.6 is 0 Å². The van der Waals surface area contributed by atoms with Gasteiger partial charge in [-0.2, -0.15) is 0 Å². The number of rotatable bonds is 42. The standard InChI is InChI=1S/C48H89NO7/c1-6-8-10-12-14-16-18-20-22-23-24-25-27-29-31-33-35-37-39-47(51)56-44(42-54-41-40-45(48(52)53)49(3,4)5)43-55-46(50)38-36-34-32-30-28-26-21-19-17-15-13-11-9-7-2/h24-26,28,44-45H,6-23,27,29-43H2,1-5H3/p+1/b25-24+,28-26+. The number of esters is 2. The van der Waals surface area contributed by atoms with Gasteiger partial charge in [0.1, 0.15) is 6.61 Å². The summed E-state index contributed by atoms with van der Waals surface area (Å²) in [5.41, 5.74) is 0. The van der Waals surface area contributed by atoms with Gasteiger partial charge in [-0.25, -0.2) is 4.79 Å². The van der Waals surface area contributed by atoms with Crippen LogP contribution in [-0.4, -0.2) is 80.6 Å². The normalized spacial score (nSPS) is 13.1. The largest absolute Gasteiger partial charge is 0.477 e. The van der Waals surface area contributed by atoms with Gasteiger partial charge in [0, 0.05) is 19.3 Å². The van der Waals surface area contributed by atoms with Crippen molar-refractivity contribution < 1.29 is 38.2 Å². The summed E-state index contributed by atoms with van der Waals surface area (Å²) in [6.45, 7) is 4.73. The van der Waals surface area contributed by atoms with Crippen molar-refractivity contribution in [2.75, 3.05) is 41.0 Å². The van der Waals surface area contributed by atoms with Crippen molar-refractivity contribution in [3.8, 4) is 0 Å². The number of quaternary nitrogens is 1. The Morgan fingerprint density at radius 2 is 0.893 bits per heavy atom. The fraction of sp³-hybridized carbons (Fsp3) is 0.854. The number of ether oxygens (including phenoxy) is 3. The summed E-state index contributed by atoms with van der Waals surface area (Å²) in [5.74, 6) is -1.49. The molecule has 0 aromatic carbocycles. The molecule has 2 atom stereocenters. The summed E-state index contributed by atoms with van der Waals surface area (Å²) in [6.07, 6.45) is 43.6. The summed E-state index contributed by atoms with van der Waals surface area (Å²) in [4.78, 5) is 37.0. The van der Waals surface area contributed by atoms with Gasteiger partial charge in [0.25, 0.3) is 0 Å². The predicted molar refractivity (Wildman–Crippen MR) is 234 cm³/mol. The third-order valence-electron chi connectivity index (χ3n) is 10.6. The molecular formula is C48H90NO7+. The molecule has 0 aromatic heterocycles. The van der Waals surface area contributed by atoms with Crippen LogP contribution in [0.3, 0.4) is 0 Å². The minimum atomic E-state index is -0.877. The lowest BCUT2D eigenvalue weighted by molar-refractivity contribution is -0.887. The molecule has 8 nitrogen and oxygen atoms in total. The highest BCUT2D eigenvalue weighted by atomic mass is 16.6. The van der Waals surface area contributed by atoms with Crippen LogP contribution in [0.25, 0.3) is 0 Å². The van der Waals surface area contributed by atoms with Gasteiger partial charge in [0.05, 0.1) is 34.4 Å². The summed E-state index contributed by atoms with van der Waals surface area (Å²) < 4.78 is 17.3. The van der Waals surface area contributed by atoms with Gasteiger partial charge >= 0.3 is 17.9 Å². The first-order chi connectivity index (χ1) is 27.1. The zero-order valence-corrected chi connectivity index (χ0v) is 37.3. The lowest BCUT2D eigenvalue weighted by Gasteiger charge is -2.31. The Morgan fingerprint density at radius 1 is 0.518 bits per heavy atom. The SMILES string of the molecule is CCCCCCCCC/C=C/CCCCCC(=O)OCC(COCCC(C(=O)O)[N+](C)(C)C)OC(=O)CCCCCCC/C=C/CCCCCCCCCCC. The van der Waals surface area contributed by atoms with E-state index in [9.17, 15) is 19.5 Å². The molecule has 328 valence electrons. The minimum absolute atomic E-state index is 0.0559. The number of carboxylic acid groups (broad SMARTS) is 1. The molecule has 2 unspecified atom stereocenters. The van der Waals surface area contributed by atoms with Crippen molar-refractivity contribution in [2.45, 2.75) is 225 Å². The molecule has 56 heavy (non-hydrogen) atoms. The van der Waals surface area contributed by atoms with Crippen LogP contribution < -0.4 is 0 Å². The molecule has 0 aliphatic carbocycles. The van der Waals surface area contributed by atoms with Crippen LogP contribution in [0.1, 0.15) is 213 Å². The Bertz CT molecular complexity index is 973. The number of hydrogen-bond donors (Lipinski definition) is 1. The topological polar surface area (TPSA) is 99.1 Å². The molecule has 0 bridgehead atoms. The first-order valence-corrected chi connectivity index (χ1v) is 23.4. The van der Waals surface area contributed by atoms with E-state index in [0.717, 1.165) is 64.2 Å². The van der Waals surface area contributed by atoms with Gasteiger partial charge in [-0.05, 0) is 64.2 Å². The highest BCUT2D eigenvalue weighted by Gasteiger charge is 2.31. The van der Waals surface area contributed by atoms with Crippen LogP contribution in [-0.2, 0) is 28.6 Å². The summed E-state index contributed by atoms with van der Waals surface area (Å²) in [5, 5.41) is 9.62. The van der Waals surface area contributed by atoms with Crippen molar-refractivity contribution in [1.29, 1.82) is 0 Å². The Balaban J connectivity index is 4.33. The molecular weight excluding hydrogens is 703 g/mol. The third-order valence-corrected chi connectivity index (χ3v) is 10.6. The maximum absolute atomic E-state index is 12.7. The lowest BCUT2D eigenvalue weighted by Crippen LogP contribution is -2.50. The molecule has 0 saturated carbocycles. The second-order valence-corrected chi connectivity index (χ2v) is 17.0. The van der Waals surface area contributed by atoms with Crippen molar-refractivity contribution in [1.82, 2.24) is 0 Å². The zero-order chi connectivity index (χ0) is 41.4. The summed E-state index contributed by atoms with van der Waals surface area (Å²) in [6, 6.07) is -0.616. The first-order valence-electron chi connectivity index (χ1n) is 23.4. The molecule has 0 radical (unpaired) electrons. The van der Waals surface area contributed by atoms with Crippen LogP contribution in [0.15, 0.2) is 24.3 Å². The van der Waals surface area contributed by atoms with Crippen LogP contribution in [0.5, 0.6) is 0 Å². The Kier molecular flexibility index (Phi) is 38.1. The van der Waals surface area contributed by atoms with E-state index in [4.69, 9.17) is 14.2 Å². The number of carbonyl (C=O) groups is 3. The number of unbranched alkanes of at least 4 members (excludes halogenated alkanes) is 24. The molecule has 0 aliphatic rings. The van der Waals surface area contributed by atoms with Gasteiger partial charge in [0.2, 0.25) is 0 Å². The Hall–Kier alpha value is -2.19. The second-order valence-electron chi connectivity index (χ2n) is 17.0. The van der Waals surface area contributed by atoms with Crippen LogP contribution in [0.2, 0.25) is 0 Å². The van der Waals surface area contributed by atoms with E-state index in [2.05, 4.69) is 38.2 Å². The number of carboxylic acids is 1. The lowest BCUT2D eigenvalue weighted by atomic mass is 10.1. The monoisotopic (exact) mass is 793 g/mol. The molecule has 1 N–H and O–H groups in total. The van der Waals surface area contributed by atoms with E-state index in [0.29, 0.717) is 19.3 Å². The maximum atomic E-state index is 12.7. The van der Waals surface area contributed by atoms with E-state index in [1.807, 2.05) is 21.1 Å². The molecule has 0 heterocycles. The van der Waals surface area contributed by atoms with Gasteiger partial charge in [-0.15, -0.1) is 0 Å². The van der Waals surface area contributed by atoms with E-state index in [1.165, 1.54) is 116 Å². The molecule has 0 rings (SSSR count). The molecule has 0 fully saturated rings. The van der Waals surface area contributed by atoms with Gasteiger partial charge < -0.3 is 23.8 Å². The van der Waals surface area contributed by atoms with Gasteiger partial charge in [-0.3, -0.25) is 9.59 Å². The van der Waals surface area contributed by atoms with Crippen molar-refractivity contribution in [3.05, 3.63) is 24.3 Å². The predicted octanol–water partition coefficient (Wildman–Crippen LogP) is 12.9.